The van der Waals surface area contributed by atoms with Crippen LogP contribution in [0.2, 0.25) is 5.02 Å². The van der Waals surface area contributed by atoms with Crippen LogP contribution in [-0.2, 0) is 0 Å². The van der Waals surface area contributed by atoms with Gasteiger partial charge < -0.3 is 20.5 Å². The van der Waals surface area contributed by atoms with Gasteiger partial charge in [-0.05, 0) is 19.9 Å². The van der Waals surface area contributed by atoms with Crippen LogP contribution in [-0.4, -0.2) is 53.8 Å². The number of aliphatic hydroxyl groups is 1. The van der Waals surface area contributed by atoms with Crippen LogP contribution in [0.5, 0.6) is 5.75 Å². The van der Waals surface area contributed by atoms with E-state index < -0.39 is 29.8 Å². The van der Waals surface area contributed by atoms with Crippen molar-refractivity contribution in [2.75, 3.05) is 30.9 Å². The molecule has 0 aliphatic carbocycles. The van der Waals surface area contributed by atoms with E-state index in [0.29, 0.717) is 4.90 Å². The highest BCUT2D eigenvalue weighted by molar-refractivity contribution is 6.34. The van der Waals surface area contributed by atoms with Crippen molar-refractivity contribution >= 4 is 35.0 Å². The van der Waals surface area contributed by atoms with E-state index >= 15 is 0 Å². The zero-order valence-corrected chi connectivity index (χ0v) is 17.4. The summed E-state index contributed by atoms with van der Waals surface area (Å²) < 4.78 is 46.5. The molecule has 1 aromatic heterocycles. The maximum atomic E-state index is 13.9. The van der Waals surface area contributed by atoms with Gasteiger partial charge >= 0.3 is 6.55 Å². The molecule has 164 valence electrons. The van der Waals surface area contributed by atoms with Crippen LogP contribution in [0.4, 0.5) is 30.6 Å². The van der Waals surface area contributed by atoms with E-state index in [1.807, 2.05) is 0 Å². The van der Waals surface area contributed by atoms with Crippen molar-refractivity contribution < 1.29 is 27.8 Å². The number of anilines is 3. The maximum absolute atomic E-state index is 13.9. The highest BCUT2D eigenvalue weighted by Gasteiger charge is 2.28. The number of alkyl halides is 2. The van der Waals surface area contributed by atoms with E-state index in [0.717, 1.165) is 18.3 Å². The standard InChI is InChI=1S/C18H21ClF3N5O3/c1-18(2,29)8-25-15(28)9-5-10(19)12(6-13(9)30-4)27(16(21)22)17-24-7-11(20)14(23-3)26-17/h5-7,16,29H,8H2,1-4H3,(H,25,28)(H,23,24,26). The van der Waals surface area contributed by atoms with E-state index in [1.54, 1.807) is 0 Å². The summed E-state index contributed by atoms with van der Waals surface area (Å²) in [6.45, 7) is -0.197. The lowest BCUT2D eigenvalue weighted by molar-refractivity contribution is 0.0693. The molecule has 3 N–H and O–H groups in total. The number of hydrogen-bond donors (Lipinski definition) is 3. The Hall–Kier alpha value is -2.79. The Morgan fingerprint density at radius 2 is 2.07 bits per heavy atom. The molecule has 0 unspecified atom stereocenters. The van der Waals surface area contributed by atoms with Crippen LogP contribution in [0.15, 0.2) is 18.3 Å². The van der Waals surface area contributed by atoms with E-state index in [1.165, 1.54) is 28.0 Å². The van der Waals surface area contributed by atoms with Gasteiger partial charge in [-0.3, -0.25) is 9.69 Å². The van der Waals surface area contributed by atoms with Crippen LogP contribution >= 0.6 is 11.6 Å². The molecule has 0 fully saturated rings. The second-order valence-electron chi connectivity index (χ2n) is 6.76. The Morgan fingerprint density at radius 1 is 1.40 bits per heavy atom. The van der Waals surface area contributed by atoms with E-state index in [-0.39, 0.29) is 34.4 Å². The topological polar surface area (TPSA) is 99.6 Å². The lowest BCUT2D eigenvalue weighted by atomic mass is 10.1. The number of nitrogens with one attached hydrogen (secondary N) is 2. The monoisotopic (exact) mass is 447 g/mol. The molecule has 0 spiro atoms. The molecule has 0 saturated heterocycles. The molecule has 12 heteroatoms. The number of methoxy groups -OCH3 is 1. The molecular weight excluding hydrogens is 427 g/mol. The maximum Gasteiger partial charge on any atom is 0.321 e. The van der Waals surface area contributed by atoms with Crippen LogP contribution in [0.25, 0.3) is 0 Å². The van der Waals surface area contributed by atoms with Gasteiger partial charge in [0, 0.05) is 19.7 Å². The van der Waals surface area contributed by atoms with Gasteiger partial charge in [-0.25, -0.2) is 9.37 Å². The molecule has 0 aliphatic heterocycles. The van der Waals surface area contributed by atoms with E-state index in [9.17, 15) is 23.1 Å². The first-order valence-corrected chi connectivity index (χ1v) is 9.02. The number of carbonyl (C=O) groups is 1. The molecule has 30 heavy (non-hydrogen) atoms. The van der Waals surface area contributed by atoms with E-state index in [2.05, 4.69) is 20.6 Å². The van der Waals surface area contributed by atoms with Gasteiger partial charge in [0.1, 0.15) is 5.75 Å². The smallest absolute Gasteiger partial charge is 0.321 e. The van der Waals surface area contributed by atoms with Crippen LogP contribution in [0.1, 0.15) is 24.2 Å². The minimum Gasteiger partial charge on any atom is -0.496 e. The highest BCUT2D eigenvalue weighted by Crippen LogP contribution is 2.38. The number of halogens is 4. The summed E-state index contributed by atoms with van der Waals surface area (Å²) in [4.78, 5) is 20.2. The average Bonchev–Trinajstić information content (AvgIpc) is 2.67. The van der Waals surface area contributed by atoms with Crippen LogP contribution in [0.3, 0.4) is 0 Å². The van der Waals surface area contributed by atoms with Gasteiger partial charge in [0.2, 0.25) is 5.95 Å². The lowest BCUT2D eigenvalue weighted by Crippen LogP contribution is -2.38. The Labute approximate surface area is 176 Å². The minimum absolute atomic E-state index is 0.0272. The zero-order chi connectivity index (χ0) is 22.6. The quantitative estimate of drug-likeness (QED) is 0.534. The first-order chi connectivity index (χ1) is 14.0. The fourth-order valence-corrected chi connectivity index (χ4v) is 2.67. The second kappa shape index (κ2) is 9.35. The van der Waals surface area contributed by atoms with Gasteiger partial charge in [0.15, 0.2) is 11.6 Å². The highest BCUT2D eigenvalue weighted by atomic mass is 35.5. The Morgan fingerprint density at radius 3 is 2.60 bits per heavy atom. The van der Waals surface area contributed by atoms with E-state index in [4.69, 9.17) is 16.3 Å². The first-order valence-electron chi connectivity index (χ1n) is 8.64. The SMILES string of the molecule is CNc1nc(N(c2cc(OC)c(C(=O)NCC(C)(C)O)cc2Cl)C(F)F)ncc1F. The molecule has 1 aromatic carbocycles. The lowest BCUT2D eigenvalue weighted by Gasteiger charge is -2.24. The molecule has 0 saturated carbocycles. The number of benzene rings is 1. The number of amides is 1. The zero-order valence-electron chi connectivity index (χ0n) is 16.6. The molecule has 8 nitrogen and oxygen atoms in total. The Balaban J connectivity index is 2.50. The Bertz CT molecular complexity index is 925. The van der Waals surface area contributed by atoms with Crippen molar-refractivity contribution in [3.8, 4) is 5.75 Å². The number of aromatic nitrogens is 2. The third kappa shape index (κ3) is 5.42. The van der Waals surface area contributed by atoms with Crippen LogP contribution in [0, 0.1) is 5.82 Å². The largest absolute Gasteiger partial charge is 0.496 e. The van der Waals surface area contributed by atoms with Crippen LogP contribution < -0.4 is 20.3 Å². The van der Waals surface area contributed by atoms with Gasteiger partial charge in [0.25, 0.3) is 5.91 Å². The molecular formula is C18H21ClF3N5O3. The van der Waals surface area contributed by atoms with Gasteiger partial charge in [-0.1, -0.05) is 11.6 Å². The van der Waals surface area contributed by atoms with Gasteiger partial charge in [-0.2, -0.15) is 13.8 Å². The molecule has 1 heterocycles. The first kappa shape index (κ1) is 23.5. The molecule has 2 aromatic rings. The summed E-state index contributed by atoms with van der Waals surface area (Å²) in [5, 5.41) is 14.5. The van der Waals surface area contributed by atoms with Gasteiger partial charge in [-0.15, -0.1) is 0 Å². The number of hydrogen-bond acceptors (Lipinski definition) is 7. The van der Waals surface area contributed by atoms with Crippen molar-refractivity contribution in [2.24, 2.45) is 0 Å². The molecule has 2 rings (SSSR count). The predicted molar refractivity (Wildman–Crippen MR) is 106 cm³/mol. The van der Waals surface area contributed by atoms with Crippen molar-refractivity contribution in [2.45, 2.75) is 26.0 Å². The van der Waals surface area contributed by atoms with Gasteiger partial charge in [0.05, 0.1) is 35.2 Å². The molecule has 0 bridgehead atoms. The second-order valence-corrected chi connectivity index (χ2v) is 7.17. The minimum atomic E-state index is -3.14. The Kier molecular flexibility index (Phi) is 7.32. The number of ether oxygens (including phenoxy) is 1. The third-order valence-corrected chi connectivity index (χ3v) is 4.14. The summed E-state index contributed by atoms with van der Waals surface area (Å²) in [6, 6.07) is 2.27. The average molecular weight is 448 g/mol. The summed E-state index contributed by atoms with van der Waals surface area (Å²) in [5.74, 6) is -2.29. The van der Waals surface area contributed by atoms with Crippen molar-refractivity contribution in [1.29, 1.82) is 0 Å². The number of rotatable bonds is 8. The van der Waals surface area contributed by atoms with Crippen molar-refractivity contribution in [3.63, 3.8) is 0 Å². The third-order valence-electron chi connectivity index (χ3n) is 3.83. The number of nitrogens with zero attached hydrogens (tertiary/aromatic N) is 3. The molecule has 0 atom stereocenters. The summed E-state index contributed by atoms with van der Waals surface area (Å²) in [7, 11) is 2.62. The van der Waals surface area contributed by atoms with Crippen molar-refractivity contribution in [3.05, 3.63) is 34.7 Å². The summed E-state index contributed by atoms with van der Waals surface area (Å²) in [5.41, 5.74) is -1.44. The summed E-state index contributed by atoms with van der Waals surface area (Å²) >= 11 is 6.18. The van der Waals surface area contributed by atoms with Crippen molar-refractivity contribution in [1.82, 2.24) is 15.3 Å². The predicted octanol–water partition coefficient (Wildman–Crippen LogP) is 3.18. The fraction of sp³-hybridized carbons (Fsp3) is 0.389. The molecule has 0 radical (unpaired) electrons. The normalized spacial score (nSPS) is 11.4. The fourth-order valence-electron chi connectivity index (χ4n) is 2.41. The number of carbonyl (C=O) groups excluding carboxylic acids is 1. The summed E-state index contributed by atoms with van der Waals surface area (Å²) in [6.07, 6.45) is 0.743. The molecule has 0 aliphatic rings. The molecule has 1 amide bonds.